The van der Waals surface area contributed by atoms with Crippen LogP contribution in [0.2, 0.25) is 0 Å². The number of rotatable bonds is 5. The van der Waals surface area contributed by atoms with Crippen LogP contribution < -0.4 is 16.0 Å². The van der Waals surface area contributed by atoms with Crippen LogP contribution in [0.25, 0.3) is 0 Å². The summed E-state index contributed by atoms with van der Waals surface area (Å²) in [6, 6.07) is -0.424. The number of halogens is 1. The average molecular weight is 359 g/mol. The molecule has 1 unspecified atom stereocenters. The molecule has 8 heteroatoms. The fourth-order valence-electron chi connectivity index (χ4n) is 3.89. The van der Waals surface area contributed by atoms with Gasteiger partial charge in [0.25, 0.3) is 5.91 Å². The van der Waals surface area contributed by atoms with Crippen molar-refractivity contribution < 1.29 is 14.4 Å². The minimum Gasteiger partial charge on any atom is -0.355 e. The molecule has 4 amide bonds. The van der Waals surface area contributed by atoms with Crippen LogP contribution in [0.5, 0.6) is 0 Å². The van der Waals surface area contributed by atoms with Crippen molar-refractivity contribution in [3.63, 3.8) is 0 Å². The lowest BCUT2D eigenvalue weighted by atomic mass is 9.82. The molecule has 0 radical (unpaired) electrons. The summed E-state index contributed by atoms with van der Waals surface area (Å²) in [5, 5.41) is 8.95. The Kier molecular flexibility index (Phi) is 6.46. The summed E-state index contributed by atoms with van der Waals surface area (Å²) in [5.41, 5.74) is -0.745. The molecule has 136 valence electrons. The van der Waals surface area contributed by atoms with Crippen molar-refractivity contribution in [2.75, 3.05) is 26.2 Å². The van der Waals surface area contributed by atoms with E-state index < -0.39 is 11.6 Å². The zero-order valence-corrected chi connectivity index (χ0v) is 14.8. The van der Waals surface area contributed by atoms with Crippen molar-refractivity contribution in [3.05, 3.63) is 0 Å². The lowest BCUT2D eigenvalue weighted by Gasteiger charge is -2.30. The van der Waals surface area contributed by atoms with Gasteiger partial charge in [-0.3, -0.25) is 14.5 Å². The Morgan fingerprint density at radius 2 is 2.00 bits per heavy atom. The van der Waals surface area contributed by atoms with E-state index in [1.54, 1.807) is 0 Å². The van der Waals surface area contributed by atoms with Crippen LogP contribution in [-0.2, 0) is 9.59 Å². The van der Waals surface area contributed by atoms with E-state index in [4.69, 9.17) is 0 Å². The van der Waals surface area contributed by atoms with E-state index in [0.717, 1.165) is 50.1 Å². The molecule has 1 atom stereocenters. The smallest absolute Gasteiger partial charge is 0.325 e. The third-order valence-electron chi connectivity index (χ3n) is 5.29. The minimum absolute atomic E-state index is 0. The number of nitrogens with one attached hydrogen (secondary N) is 3. The molecule has 3 N–H and O–H groups in total. The third kappa shape index (κ3) is 4.00. The Morgan fingerprint density at radius 3 is 2.67 bits per heavy atom. The van der Waals surface area contributed by atoms with Gasteiger partial charge in [-0.2, -0.15) is 0 Å². The highest BCUT2D eigenvalue weighted by Gasteiger charge is 2.51. The molecule has 2 heterocycles. The van der Waals surface area contributed by atoms with Crippen LogP contribution in [-0.4, -0.2) is 54.5 Å². The molecule has 7 nitrogen and oxygen atoms in total. The van der Waals surface area contributed by atoms with Gasteiger partial charge in [-0.1, -0.05) is 19.3 Å². The van der Waals surface area contributed by atoms with Crippen molar-refractivity contribution in [1.82, 2.24) is 20.9 Å². The molecule has 2 aliphatic heterocycles. The summed E-state index contributed by atoms with van der Waals surface area (Å²) in [4.78, 5) is 37.8. The Bertz CT molecular complexity index is 488. The van der Waals surface area contributed by atoms with Gasteiger partial charge in [0, 0.05) is 6.54 Å². The fraction of sp³-hybridized carbons (Fsp3) is 0.812. The average Bonchev–Trinajstić information content (AvgIpc) is 3.12. The van der Waals surface area contributed by atoms with Crippen LogP contribution in [0, 0.1) is 5.92 Å². The van der Waals surface area contributed by atoms with Crippen molar-refractivity contribution in [1.29, 1.82) is 0 Å². The maximum absolute atomic E-state index is 12.6. The Morgan fingerprint density at radius 1 is 1.25 bits per heavy atom. The quantitative estimate of drug-likeness (QED) is 0.633. The largest absolute Gasteiger partial charge is 0.355 e. The second kappa shape index (κ2) is 8.16. The van der Waals surface area contributed by atoms with Gasteiger partial charge in [0.05, 0.1) is 0 Å². The second-order valence-electron chi connectivity index (χ2n) is 6.96. The topological polar surface area (TPSA) is 90.5 Å². The van der Waals surface area contributed by atoms with E-state index >= 15 is 0 Å². The monoisotopic (exact) mass is 358 g/mol. The number of amides is 4. The molecule has 0 bridgehead atoms. The standard InChI is InChI=1S/C16H26N4O3.ClH/c21-13(18-9-5-12-4-8-17-10-12)11-20-14(22)16(19-15(20)23)6-2-1-3-7-16;/h12,17H,1-11H2,(H,18,21)(H,19,23);1H. The molecule has 24 heavy (non-hydrogen) atoms. The van der Waals surface area contributed by atoms with E-state index in [2.05, 4.69) is 16.0 Å². The van der Waals surface area contributed by atoms with Crippen molar-refractivity contribution in [3.8, 4) is 0 Å². The molecule has 0 aromatic heterocycles. The molecule has 1 aliphatic carbocycles. The lowest BCUT2D eigenvalue weighted by molar-refractivity contribution is -0.135. The zero-order chi connectivity index (χ0) is 16.3. The molecular formula is C16H27ClN4O3. The van der Waals surface area contributed by atoms with Gasteiger partial charge in [0.2, 0.25) is 5.91 Å². The van der Waals surface area contributed by atoms with Crippen LogP contribution in [0.3, 0.4) is 0 Å². The molecule has 0 aromatic carbocycles. The van der Waals surface area contributed by atoms with Gasteiger partial charge in [-0.15, -0.1) is 12.4 Å². The van der Waals surface area contributed by atoms with Gasteiger partial charge >= 0.3 is 6.03 Å². The van der Waals surface area contributed by atoms with Crippen LogP contribution >= 0.6 is 12.4 Å². The van der Waals surface area contributed by atoms with Crippen molar-refractivity contribution >= 4 is 30.3 Å². The molecule has 3 fully saturated rings. The van der Waals surface area contributed by atoms with Crippen molar-refractivity contribution in [2.24, 2.45) is 5.92 Å². The lowest BCUT2D eigenvalue weighted by Crippen LogP contribution is -2.49. The van der Waals surface area contributed by atoms with Crippen molar-refractivity contribution in [2.45, 2.75) is 50.5 Å². The third-order valence-corrected chi connectivity index (χ3v) is 5.29. The summed E-state index contributed by atoms with van der Waals surface area (Å²) in [5.74, 6) is 0.127. The molecule has 0 aromatic rings. The first kappa shape index (κ1) is 19.0. The second-order valence-corrected chi connectivity index (χ2v) is 6.96. The number of hydrogen-bond acceptors (Lipinski definition) is 4. The molecular weight excluding hydrogens is 332 g/mol. The van der Waals surface area contributed by atoms with Crippen LogP contribution in [0.1, 0.15) is 44.9 Å². The van der Waals surface area contributed by atoms with Crippen LogP contribution in [0.15, 0.2) is 0 Å². The maximum Gasteiger partial charge on any atom is 0.325 e. The van der Waals surface area contributed by atoms with Gasteiger partial charge < -0.3 is 16.0 Å². The Hall–Kier alpha value is -1.34. The number of hydrogen-bond donors (Lipinski definition) is 3. The summed E-state index contributed by atoms with van der Waals surface area (Å²) in [6.45, 7) is 2.48. The first-order valence-electron chi connectivity index (χ1n) is 8.72. The first-order chi connectivity index (χ1) is 11.1. The summed E-state index contributed by atoms with van der Waals surface area (Å²) < 4.78 is 0. The van der Waals surface area contributed by atoms with E-state index in [1.807, 2.05) is 0 Å². The molecule has 3 rings (SSSR count). The summed E-state index contributed by atoms with van der Waals surface area (Å²) >= 11 is 0. The van der Waals surface area contributed by atoms with E-state index in [1.165, 1.54) is 0 Å². The normalized spacial score (nSPS) is 25.5. The highest BCUT2D eigenvalue weighted by Crippen LogP contribution is 2.33. The molecule has 1 saturated carbocycles. The van der Waals surface area contributed by atoms with Gasteiger partial charge in [-0.25, -0.2) is 4.79 Å². The number of carbonyl (C=O) groups is 3. The van der Waals surface area contributed by atoms with Gasteiger partial charge in [0.15, 0.2) is 0 Å². The van der Waals surface area contributed by atoms with E-state index in [0.29, 0.717) is 25.3 Å². The van der Waals surface area contributed by atoms with E-state index in [-0.39, 0.29) is 30.8 Å². The highest BCUT2D eigenvalue weighted by molar-refractivity contribution is 6.09. The Balaban J connectivity index is 0.00000208. The van der Waals surface area contributed by atoms with E-state index in [9.17, 15) is 14.4 Å². The fourth-order valence-corrected chi connectivity index (χ4v) is 3.89. The Labute approximate surface area is 148 Å². The number of imide groups is 1. The highest BCUT2D eigenvalue weighted by atomic mass is 35.5. The number of nitrogens with zero attached hydrogens (tertiary/aromatic N) is 1. The number of carbonyl (C=O) groups excluding carboxylic acids is 3. The van der Waals surface area contributed by atoms with Gasteiger partial charge in [0.1, 0.15) is 12.1 Å². The first-order valence-corrected chi connectivity index (χ1v) is 8.72. The summed E-state index contributed by atoms with van der Waals surface area (Å²) in [6.07, 6.45) is 6.44. The predicted molar refractivity (Wildman–Crippen MR) is 91.9 cm³/mol. The minimum atomic E-state index is -0.745. The summed E-state index contributed by atoms with van der Waals surface area (Å²) in [7, 11) is 0. The molecule has 1 spiro atoms. The van der Waals surface area contributed by atoms with Crippen LogP contribution in [0.4, 0.5) is 4.79 Å². The zero-order valence-electron chi connectivity index (χ0n) is 13.9. The van der Waals surface area contributed by atoms with Gasteiger partial charge in [-0.05, 0) is 44.7 Å². The molecule has 3 aliphatic rings. The maximum atomic E-state index is 12.6. The predicted octanol–water partition coefficient (Wildman–Crippen LogP) is 0.779. The molecule has 2 saturated heterocycles. The number of urea groups is 1. The SMILES string of the molecule is Cl.O=C(CN1C(=O)NC2(CCCCC2)C1=O)NCCC1CCNC1.